The fraction of sp³-hybridized carbons (Fsp3) is 0.562. The molecule has 0 radical (unpaired) electrons. The lowest BCUT2D eigenvalue weighted by Crippen LogP contribution is -2.43. The molecule has 1 aliphatic rings. The maximum atomic E-state index is 13.8. The van der Waals surface area contributed by atoms with E-state index >= 15 is 0 Å². The van der Waals surface area contributed by atoms with Crippen LogP contribution in [0.1, 0.15) is 44.7 Å². The van der Waals surface area contributed by atoms with E-state index < -0.39 is 17.7 Å². The van der Waals surface area contributed by atoms with Crippen molar-refractivity contribution in [2.45, 2.75) is 45.2 Å². The topological polar surface area (TPSA) is 41.1 Å². The molecule has 1 amide bonds. The number of hydrogen-bond donors (Lipinski definition) is 2. The summed E-state index contributed by atoms with van der Waals surface area (Å²) < 4.78 is 26.8. The number of piperidine rings is 1. The van der Waals surface area contributed by atoms with E-state index in [1.165, 1.54) is 12.1 Å². The standard InChI is InChI=1S/C16H22F2N2O/c1-3-15(13-5-4-12(17)9-14(13)18)20-16(21)11-6-7-19-10(2)8-11/h4-5,9-11,15,19H,3,6-8H2,1-2H3,(H,20,21)/t10-,11-,15?/m0/s1. The zero-order valence-corrected chi connectivity index (χ0v) is 12.5. The molecule has 0 saturated carbocycles. The Kier molecular flexibility index (Phi) is 5.28. The lowest BCUT2D eigenvalue weighted by atomic mass is 9.91. The lowest BCUT2D eigenvalue weighted by Gasteiger charge is -2.29. The highest BCUT2D eigenvalue weighted by molar-refractivity contribution is 5.79. The van der Waals surface area contributed by atoms with E-state index in [4.69, 9.17) is 0 Å². The molecule has 1 aliphatic heterocycles. The smallest absolute Gasteiger partial charge is 0.223 e. The Morgan fingerprint density at radius 1 is 1.48 bits per heavy atom. The molecule has 1 heterocycles. The molecule has 5 heteroatoms. The fourth-order valence-corrected chi connectivity index (χ4v) is 2.84. The van der Waals surface area contributed by atoms with Gasteiger partial charge in [0.15, 0.2) is 0 Å². The molecule has 116 valence electrons. The molecular weight excluding hydrogens is 274 g/mol. The van der Waals surface area contributed by atoms with Crippen molar-refractivity contribution in [3.8, 4) is 0 Å². The number of halogens is 2. The molecule has 21 heavy (non-hydrogen) atoms. The van der Waals surface area contributed by atoms with Crippen LogP contribution >= 0.6 is 0 Å². The Hall–Kier alpha value is -1.49. The predicted molar refractivity (Wildman–Crippen MR) is 77.7 cm³/mol. The molecular formula is C16H22F2N2O. The van der Waals surface area contributed by atoms with Crippen molar-refractivity contribution >= 4 is 5.91 Å². The summed E-state index contributed by atoms with van der Waals surface area (Å²) in [4.78, 5) is 12.3. The van der Waals surface area contributed by atoms with Gasteiger partial charge in [-0.05, 0) is 38.8 Å². The summed E-state index contributed by atoms with van der Waals surface area (Å²) in [6.45, 7) is 4.75. The normalized spacial score (nSPS) is 23.6. The van der Waals surface area contributed by atoms with Gasteiger partial charge >= 0.3 is 0 Å². The molecule has 0 spiro atoms. The van der Waals surface area contributed by atoms with Crippen LogP contribution < -0.4 is 10.6 Å². The number of nitrogens with one attached hydrogen (secondary N) is 2. The van der Waals surface area contributed by atoms with Crippen molar-refractivity contribution in [1.29, 1.82) is 0 Å². The molecule has 0 aromatic heterocycles. The molecule has 3 nitrogen and oxygen atoms in total. The largest absolute Gasteiger partial charge is 0.349 e. The Bertz CT molecular complexity index is 507. The molecule has 0 aliphatic carbocycles. The zero-order chi connectivity index (χ0) is 15.4. The van der Waals surface area contributed by atoms with Gasteiger partial charge in [0.1, 0.15) is 11.6 Å². The molecule has 1 aromatic carbocycles. The minimum Gasteiger partial charge on any atom is -0.349 e. The van der Waals surface area contributed by atoms with Crippen LogP contribution in [0.3, 0.4) is 0 Å². The summed E-state index contributed by atoms with van der Waals surface area (Å²) in [6, 6.07) is 3.39. The van der Waals surface area contributed by atoms with E-state index in [0.29, 0.717) is 18.0 Å². The van der Waals surface area contributed by atoms with Crippen LogP contribution in [-0.4, -0.2) is 18.5 Å². The number of benzene rings is 1. The average molecular weight is 296 g/mol. The van der Waals surface area contributed by atoms with Crippen molar-refractivity contribution in [3.05, 3.63) is 35.4 Å². The maximum Gasteiger partial charge on any atom is 0.223 e. The summed E-state index contributed by atoms with van der Waals surface area (Å²) in [7, 11) is 0. The summed E-state index contributed by atoms with van der Waals surface area (Å²) in [5, 5.41) is 6.20. The molecule has 1 fully saturated rings. The fourth-order valence-electron chi connectivity index (χ4n) is 2.84. The van der Waals surface area contributed by atoms with E-state index in [0.717, 1.165) is 25.5 Å². The molecule has 0 bridgehead atoms. The van der Waals surface area contributed by atoms with Gasteiger partial charge in [-0.25, -0.2) is 8.78 Å². The van der Waals surface area contributed by atoms with E-state index in [1.807, 2.05) is 6.92 Å². The van der Waals surface area contributed by atoms with Gasteiger partial charge in [-0.3, -0.25) is 4.79 Å². The number of hydrogen-bond acceptors (Lipinski definition) is 2. The lowest BCUT2D eigenvalue weighted by molar-refractivity contribution is -0.126. The summed E-state index contributed by atoms with van der Waals surface area (Å²) in [5.74, 6) is -1.30. The van der Waals surface area contributed by atoms with Gasteiger partial charge in [-0.2, -0.15) is 0 Å². The number of carbonyl (C=O) groups excluding carboxylic acids is 1. The van der Waals surface area contributed by atoms with Gasteiger partial charge in [0.25, 0.3) is 0 Å². The van der Waals surface area contributed by atoms with Gasteiger partial charge in [0, 0.05) is 23.6 Å². The van der Waals surface area contributed by atoms with E-state index in [9.17, 15) is 13.6 Å². The quantitative estimate of drug-likeness (QED) is 0.897. The second-order valence-electron chi connectivity index (χ2n) is 5.71. The first-order valence-corrected chi connectivity index (χ1v) is 7.50. The van der Waals surface area contributed by atoms with Gasteiger partial charge < -0.3 is 10.6 Å². The molecule has 1 aromatic rings. The third kappa shape index (κ3) is 4.00. The van der Waals surface area contributed by atoms with Gasteiger partial charge in [0.2, 0.25) is 5.91 Å². The van der Waals surface area contributed by atoms with E-state index in [2.05, 4.69) is 17.6 Å². The molecule has 1 unspecified atom stereocenters. The molecule has 1 saturated heterocycles. The molecule has 2 rings (SSSR count). The van der Waals surface area contributed by atoms with Crippen molar-refractivity contribution in [2.24, 2.45) is 5.92 Å². The Morgan fingerprint density at radius 2 is 2.24 bits per heavy atom. The van der Waals surface area contributed by atoms with Crippen LogP contribution in [0.15, 0.2) is 18.2 Å². The van der Waals surface area contributed by atoms with Crippen LogP contribution in [0.4, 0.5) is 8.78 Å². The van der Waals surface area contributed by atoms with Crippen molar-refractivity contribution in [1.82, 2.24) is 10.6 Å². The van der Waals surface area contributed by atoms with Crippen LogP contribution in [-0.2, 0) is 4.79 Å². The minimum absolute atomic E-state index is 0.0427. The summed E-state index contributed by atoms with van der Waals surface area (Å²) >= 11 is 0. The third-order valence-corrected chi connectivity index (χ3v) is 4.06. The molecule has 2 N–H and O–H groups in total. The number of amides is 1. The van der Waals surface area contributed by atoms with Crippen molar-refractivity contribution in [3.63, 3.8) is 0 Å². The monoisotopic (exact) mass is 296 g/mol. The highest BCUT2D eigenvalue weighted by Gasteiger charge is 2.27. The second kappa shape index (κ2) is 6.98. The van der Waals surface area contributed by atoms with E-state index in [1.54, 1.807) is 0 Å². The second-order valence-corrected chi connectivity index (χ2v) is 5.71. The van der Waals surface area contributed by atoms with Crippen LogP contribution in [0, 0.1) is 17.6 Å². The average Bonchev–Trinajstić information content (AvgIpc) is 2.45. The Balaban J connectivity index is 2.06. The number of rotatable bonds is 4. The third-order valence-electron chi connectivity index (χ3n) is 4.06. The maximum absolute atomic E-state index is 13.8. The first-order chi connectivity index (χ1) is 10.0. The Labute approximate surface area is 124 Å². The Morgan fingerprint density at radius 3 is 2.86 bits per heavy atom. The minimum atomic E-state index is -0.610. The highest BCUT2D eigenvalue weighted by atomic mass is 19.1. The van der Waals surface area contributed by atoms with Gasteiger partial charge in [-0.15, -0.1) is 0 Å². The zero-order valence-electron chi connectivity index (χ0n) is 12.5. The van der Waals surface area contributed by atoms with Crippen LogP contribution in [0.5, 0.6) is 0 Å². The van der Waals surface area contributed by atoms with Crippen LogP contribution in [0.2, 0.25) is 0 Å². The molecule has 3 atom stereocenters. The van der Waals surface area contributed by atoms with Crippen molar-refractivity contribution in [2.75, 3.05) is 6.54 Å². The SMILES string of the molecule is CCC(NC(=O)[C@H]1CCN[C@@H](C)C1)c1ccc(F)cc1F. The van der Waals surface area contributed by atoms with E-state index in [-0.39, 0.29) is 11.8 Å². The summed E-state index contributed by atoms with van der Waals surface area (Å²) in [5.41, 5.74) is 0.342. The van der Waals surface area contributed by atoms with Gasteiger partial charge in [-0.1, -0.05) is 13.0 Å². The first-order valence-electron chi connectivity index (χ1n) is 7.50. The first kappa shape index (κ1) is 15.9. The highest BCUT2D eigenvalue weighted by Crippen LogP contribution is 2.23. The predicted octanol–water partition coefficient (Wildman–Crippen LogP) is 2.92. The summed E-state index contributed by atoms with van der Waals surface area (Å²) in [6.07, 6.45) is 2.14. The number of carbonyl (C=O) groups is 1. The van der Waals surface area contributed by atoms with Crippen molar-refractivity contribution < 1.29 is 13.6 Å². The van der Waals surface area contributed by atoms with Crippen LogP contribution in [0.25, 0.3) is 0 Å². The van der Waals surface area contributed by atoms with Gasteiger partial charge in [0.05, 0.1) is 6.04 Å².